The molecule has 2 aliphatic rings. The summed E-state index contributed by atoms with van der Waals surface area (Å²) in [4.78, 5) is 1.08. The van der Waals surface area contributed by atoms with Crippen LogP contribution in [0.3, 0.4) is 0 Å². The molecule has 2 fully saturated rings. The maximum Gasteiger partial charge on any atom is 0.214 e. The molecule has 0 aromatic carbocycles. The van der Waals surface area contributed by atoms with Crippen molar-refractivity contribution in [3.05, 3.63) is 22.4 Å². The van der Waals surface area contributed by atoms with Gasteiger partial charge >= 0.3 is 0 Å². The summed E-state index contributed by atoms with van der Waals surface area (Å²) in [6.45, 7) is 13.2. The normalized spacial score (nSPS) is 20.4. The molecule has 0 amide bonds. The second-order valence-corrected chi connectivity index (χ2v) is 12.8. The van der Waals surface area contributed by atoms with Crippen molar-refractivity contribution in [1.29, 1.82) is 0 Å². The lowest BCUT2D eigenvalue weighted by Crippen LogP contribution is -2.48. The van der Waals surface area contributed by atoms with E-state index < -0.39 is 7.36 Å². The number of ether oxygens (including phenoxy) is 2. The second kappa shape index (κ2) is 9.89. The Bertz CT molecular complexity index is 699. The van der Waals surface area contributed by atoms with Gasteiger partial charge in [0, 0.05) is 36.2 Å². The molecule has 0 bridgehead atoms. The van der Waals surface area contributed by atoms with Crippen LogP contribution in [0.1, 0.15) is 25.6 Å². The van der Waals surface area contributed by atoms with E-state index in [1.54, 1.807) is 17.6 Å². The van der Waals surface area contributed by atoms with Crippen molar-refractivity contribution >= 4 is 42.2 Å². The zero-order chi connectivity index (χ0) is 20.0. The number of nitrogens with zero attached hydrogens (tertiary/aromatic N) is 4. The third kappa shape index (κ3) is 5.08. The fourth-order valence-electron chi connectivity index (χ4n) is 3.63. The Kier molecular flexibility index (Phi) is 7.78. The van der Waals surface area contributed by atoms with Crippen LogP contribution < -0.4 is 5.43 Å². The van der Waals surface area contributed by atoms with Gasteiger partial charge in [-0.3, -0.25) is 14.8 Å². The largest absolute Gasteiger partial charge is 0.379 e. The average molecular weight is 444 g/mol. The lowest BCUT2D eigenvalue weighted by molar-refractivity contribution is 0.0551. The molecule has 3 heterocycles. The number of thiophene rings is 1. The number of nitrogens with one attached hydrogen (secondary N) is 1. The smallest absolute Gasteiger partial charge is 0.214 e. The van der Waals surface area contributed by atoms with Crippen molar-refractivity contribution < 1.29 is 9.47 Å². The monoisotopic (exact) mass is 443 g/mol. The van der Waals surface area contributed by atoms with Gasteiger partial charge < -0.3 is 9.47 Å². The molecule has 156 valence electrons. The van der Waals surface area contributed by atoms with E-state index in [1.807, 2.05) is 17.5 Å². The highest BCUT2D eigenvalue weighted by atomic mass is 32.1. The number of hydrogen-bond donors (Lipinski definition) is 1. The fourth-order valence-corrected chi connectivity index (χ4v) is 8.96. The third-order valence-corrected chi connectivity index (χ3v) is 10.6. The molecule has 1 aromatic rings. The maximum atomic E-state index is 5.63. The summed E-state index contributed by atoms with van der Waals surface area (Å²) in [6.07, 6.45) is 1.78. The van der Waals surface area contributed by atoms with E-state index >= 15 is 0 Å². The summed E-state index contributed by atoms with van der Waals surface area (Å²) in [5.41, 5.74) is 2.98. The fraction of sp³-hybridized carbons (Fsp3) is 0.667. The van der Waals surface area contributed by atoms with Crippen LogP contribution in [0.25, 0.3) is 0 Å². The minimum atomic E-state index is -2.13. The van der Waals surface area contributed by atoms with Crippen LogP contribution in [0.15, 0.2) is 27.4 Å². The molecule has 0 unspecified atom stereocenters. The summed E-state index contributed by atoms with van der Waals surface area (Å²) in [5.74, 6) is 0. The molecule has 1 aromatic heterocycles. The van der Waals surface area contributed by atoms with E-state index in [1.165, 1.54) is 0 Å². The van der Waals surface area contributed by atoms with Crippen molar-refractivity contribution in [2.75, 3.05) is 52.6 Å². The van der Waals surface area contributed by atoms with E-state index in [0.717, 1.165) is 57.5 Å². The van der Waals surface area contributed by atoms with Crippen LogP contribution in [-0.4, -0.2) is 78.4 Å². The summed E-state index contributed by atoms with van der Waals surface area (Å²) in [7, 11) is -2.13. The molecule has 2 saturated heterocycles. The van der Waals surface area contributed by atoms with Gasteiger partial charge in [0.25, 0.3) is 0 Å². The number of hydrazone groups is 1. The molecule has 0 aliphatic carbocycles. The molecule has 1 N–H and O–H groups in total. The van der Waals surface area contributed by atoms with Crippen molar-refractivity contribution in [3.8, 4) is 0 Å². The lowest BCUT2D eigenvalue weighted by atomic mass is 10.3. The van der Waals surface area contributed by atoms with E-state index in [-0.39, 0.29) is 5.16 Å². The van der Waals surface area contributed by atoms with Crippen LogP contribution in [0, 0.1) is 0 Å². The third-order valence-electron chi connectivity index (χ3n) is 4.79. The van der Waals surface area contributed by atoms with E-state index in [9.17, 15) is 0 Å². The number of rotatable bonds is 4. The lowest BCUT2D eigenvalue weighted by Gasteiger charge is -2.52. The highest BCUT2D eigenvalue weighted by molar-refractivity contribution is 7.81. The van der Waals surface area contributed by atoms with Crippen molar-refractivity contribution in [3.63, 3.8) is 0 Å². The van der Waals surface area contributed by atoms with Gasteiger partial charge in [-0.2, -0.15) is 5.10 Å². The zero-order valence-electron chi connectivity index (χ0n) is 16.8. The maximum absolute atomic E-state index is 5.63. The first-order chi connectivity index (χ1) is 13.4. The van der Waals surface area contributed by atoms with Gasteiger partial charge in [0.2, 0.25) is 5.11 Å². The predicted molar refractivity (Wildman–Crippen MR) is 122 cm³/mol. The predicted octanol–water partition coefficient (Wildman–Crippen LogP) is 3.45. The first kappa shape index (κ1) is 22.0. The molecule has 0 atom stereocenters. The Morgan fingerprint density at radius 1 is 1.14 bits per heavy atom. The topological polar surface area (TPSA) is 61.7 Å². The Balaban J connectivity index is 1.92. The number of morpholine rings is 2. The van der Waals surface area contributed by atoms with Crippen molar-refractivity contribution in [1.82, 2.24) is 14.8 Å². The van der Waals surface area contributed by atoms with Crippen molar-refractivity contribution in [2.24, 2.45) is 9.85 Å². The molecular weight excluding hydrogens is 413 g/mol. The van der Waals surface area contributed by atoms with Gasteiger partial charge in [0.1, 0.15) is 7.36 Å². The number of thiocarbonyl (C=S) groups is 1. The van der Waals surface area contributed by atoms with E-state index in [0.29, 0.717) is 5.11 Å². The molecule has 7 nitrogen and oxygen atoms in total. The molecule has 0 saturated carbocycles. The van der Waals surface area contributed by atoms with Crippen LogP contribution >= 0.6 is 30.9 Å². The molecule has 3 rings (SSSR count). The van der Waals surface area contributed by atoms with Gasteiger partial charge in [-0.1, -0.05) is 26.8 Å². The van der Waals surface area contributed by atoms with Crippen LogP contribution in [-0.2, 0) is 9.47 Å². The summed E-state index contributed by atoms with van der Waals surface area (Å²) in [6, 6.07) is 4.02. The Morgan fingerprint density at radius 3 is 2.18 bits per heavy atom. The molecule has 2 aliphatic heterocycles. The standard InChI is InChI=1S/C18H30N5O2PS2/c1-18(2,3)26(22-6-10-24-11-7-22,23-8-12-25-13-9-23)21-17(27)20-19-15-16-5-4-14-28-16/h4-5,14-15H,6-13H2,1-3H3,(H,20,27). The van der Waals surface area contributed by atoms with Crippen LogP contribution in [0.5, 0.6) is 0 Å². The highest BCUT2D eigenvalue weighted by Gasteiger charge is 2.45. The van der Waals surface area contributed by atoms with Gasteiger partial charge in [0.15, 0.2) is 0 Å². The summed E-state index contributed by atoms with van der Waals surface area (Å²) in [5, 5.41) is 6.70. The quantitative estimate of drug-likeness (QED) is 0.333. The van der Waals surface area contributed by atoms with Gasteiger partial charge in [-0.25, -0.2) is 4.74 Å². The highest BCUT2D eigenvalue weighted by Crippen LogP contribution is 2.66. The molecule has 0 spiro atoms. The minimum Gasteiger partial charge on any atom is -0.379 e. The first-order valence-electron chi connectivity index (χ1n) is 9.59. The van der Waals surface area contributed by atoms with E-state index in [2.05, 4.69) is 40.6 Å². The minimum absolute atomic E-state index is 0.0646. The molecule has 28 heavy (non-hydrogen) atoms. The zero-order valence-corrected chi connectivity index (χ0v) is 19.4. The molecule has 0 radical (unpaired) electrons. The van der Waals surface area contributed by atoms with Crippen LogP contribution in [0.2, 0.25) is 0 Å². The van der Waals surface area contributed by atoms with E-state index in [4.69, 9.17) is 26.4 Å². The molecular formula is C18H30N5O2PS2. The van der Waals surface area contributed by atoms with Gasteiger partial charge in [-0.05, 0) is 23.7 Å². The van der Waals surface area contributed by atoms with Gasteiger partial charge in [-0.15, -0.1) is 11.3 Å². The Hall–Kier alpha value is -0.670. The number of hydrogen-bond acceptors (Lipinski definition) is 5. The first-order valence-corrected chi connectivity index (χ1v) is 12.5. The molecule has 10 heteroatoms. The average Bonchev–Trinajstić information content (AvgIpc) is 3.20. The van der Waals surface area contributed by atoms with Crippen molar-refractivity contribution in [2.45, 2.75) is 25.9 Å². The Morgan fingerprint density at radius 2 is 1.71 bits per heavy atom. The van der Waals surface area contributed by atoms with Crippen LogP contribution in [0.4, 0.5) is 0 Å². The summed E-state index contributed by atoms with van der Waals surface area (Å²) < 4.78 is 21.5. The SMILES string of the molecule is CC(C)(C)P(=NC(=S)NN=Cc1cccs1)(N1CCOCC1)N1CCOCC1. The Labute approximate surface area is 177 Å². The summed E-state index contributed by atoms with van der Waals surface area (Å²) >= 11 is 7.27. The second-order valence-electron chi connectivity index (χ2n) is 7.66. The van der Waals surface area contributed by atoms with Gasteiger partial charge in [0.05, 0.1) is 32.6 Å².